The first-order valence-corrected chi connectivity index (χ1v) is 9.25. The number of aliphatic carboxylic acids is 1. The van der Waals surface area contributed by atoms with Crippen LogP contribution in [0.5, 0.6) is 0 Å². The van der Waals surface area contributed by atoms with Crippen molar-refractivity contribution in [2.45, 2.75) is 25.2 Å². The molecule has 0 spiro atoms. The van der Waals surface area contributed by atoms with Gasteiger partial charge in [0.05, 0.1) is 5.41 Å². The molecule has 4 rings (SSSR count). The minimum absolute atomic E-state index is 0.284. The number of hydrogen-bond donors (Lipinski definition) is 1. The van der Waals surface area contributed by atoms with Crippen molar-refractivity contribution in [2.24, 2.45) is 11.3 Å². The monoisotopic (exact) mass is 335 g/mol. The molecule has 1 N–H and O–H groups in total. The van der Waals surface area contributed by atoms with Crippen molar-refractivity contribution in [3.63, 3.8) is 0 Å². The number of carboxylic acid groups (broad SMARTS) is 1. The first kappa shape index (κ1) is 16.3. The Kier molecular flexibility index (Phi) is 4.34. The molecule has 0 aromatic heterocycles. The van der Waals surface area contributed by atoms with Crippen molar-refractivity contribution in [1.82, 2.24) is 4.90 Å². The zero-order valence-corrected chi connectivity index (χ0v) is 14.5. The summed E-state index contributed by atoms with van der Waals surface area (Å²) in [6, 6.07) is 21.2. The van der Waals surface area contributed by atoms with Crippen molar-refractivity contribution >= 4 is 5.97 Å². The average molecular weight is 335 g/mol. The fourth-order valence-electron chi connectivity index (χ4n) is 4.91. The highest BCUT2D eigenvalue weighted by Gasteiger charge is 2.54. The van der Waals surface area contributed by atoms with Crippen molar-refractivity contribution in [2.75, 3.05) is 19.6 Å². The molecule has 1 aliphatic carbocycles. The second kappa shape index (κ2) is 6.64. The Balaban J connectivity index is 1.59. The lowest BCUT2D eigenvalue weighted by molar-refractivity contribution is -0.149. The van der Waals surface area contributed by atoms with Crippen LogP contribution in [-0.2, 0) is 4.79 Å². The number of benzene rings is 2. The fourth-order valence-corrected chi connectivity index (χ4v) is 4.91. The van der Waals surface area contributed by atoms with E-state index in [4.69, 9.17) is 0 Å². The third-order valence-corrected chi connectivity index (χ3v) is 6.21. The summed E-state index contributed by atoms with van der Waals surface area (Å²) in [7, 11) is 0. The van der Waals surface area contributed by atoms with Crippen LogP contribution >= 0.6 is 0 Å². The van der Waals surface area contributed by atoms with Gasteiger partial charge in [0.15, 0.2) is 0 Å². The summed E-state index contributed by atoms with van der Waals surface area (Å²) in [5.74, 6) is 0.0118. The third kappa shape index (κ3) is 2.98. The van der Waals surface area contributed by atoms with Gasteiger partial charge in [-0.2, -0.15) is 0 Å². The van der Waals surface area contributed by atoms with Gasteiger partial charge in [-0.15, -0.1) is 0 Å². The zero-order chi connectivity index (χ0) is 17.3. The molecule has 2 aromatic carbocycles. The van der Waals surface area contributed by atoms with Gasteiger partial charge in [0.25, 0.3) is 0 Å². The van der Waals surface area contributed by atoms with E-state index in [9.17, 15) is 9.90 Å². The summed E-state index contributed by atoms with van der Waals surface area (Å²) < 4.78 is 0. The van der Waals surface area contributed by atoms with Crippen molar-refractivity contribution in [3.8, 4) is 0 Å². The molecular formula is C22H25NO2. The van der Waals surface area contributed by atoms with Gasteiger partial charge in [0, 0.05) is 25.6 Å². The molecule has 0 bridgehead atoms. The predicted molar refractivity (Wildman–Crippen MR) is 98.6 cm³/mol. The molecule has 1 saturated carbocycles. The highest BCUT2D eigenvalue weighted by molar-refractivity contribution is 5.76. The molecule has 3 heteroatoms. The molecule has 25 heavy (non-hydrogen) atoms. The number of carbonyl (C=O) groups is 1. The maximum atomic E-state index is 11.9. The summed E-state index contributed by atoms with van der Waals surface area (Å²) in [6.45, 7) is 2.51. The predicted octanol–water partition coefficient (Wildman–Crippen LogP) is 4.01. The van der Waals surface area contributed by atoms with Gasteiger partial charge in [-0.3, -0.25) is 4.79 Å². The summed E-state index contributed by atoms with van der Waals surface area (Å²) in [4.78, 5) is 14.3. The smallest absolute Gasteiger partial charge is 0.311 e. The number of rotatable bonds is 5. The van der Waals surface area contributed by atoms with Gasteiger partial charge in [-0.1, -0.05) is 67.1 Å². The topological polar surface area (TPSA) is 40.5 Å². The standard InChI is InChI=1S/C22H25NO2/c24-21(25)22-13-7-12-19(22)14-23(16-22)15-20(17-8-3-1-4-9-17)18-10-5-2-6-11-18/h1-6,8-11,19-20H,7,12-16H2,(H,24,25)/t19-,22+/m0/s1. The van der Waals surface area contributed by atoms with Gasteiger partial charge in [0.1, 0.15) is 0 Å². The van der Waals surface area contributed by atoms with Crippen LogP contribution in [0.15, 0.2) is 60.7 Å². The lowest BCUT2D eigenvalue weighted by Crippen LogP contribution is -2.36. The molecule has 1 saturated heterocycles. The molecule has 1 aliphatic heterocycles. The quantitative estimate of drug-likeness (QED) is 0.898. The molecule has 1 heterocycles. The van der Waals surface area contributed by atoms with E-state index in [1.807, 2.05) is 12.1 Å². The van der Waals surface area contributed by atoms with E-state index >= 15 is 0 Å². The Morgan fingerprint density at radius 3 is 2.20 bits per heavy atom. The molecular weight excluding hydrogens is 310 g/mol. The minimum atomic E-state index is -0.589. The van der Waals surface area contributed by atoms with E-state index in [0.717, 1.165) is 32.4 Å². The second-order valence-corrected chi connectivity index (χ2v) is 7.62. The number of fused-ring (bicyclic) bond motifs is 1. The molecule has 0 radical (unpaired) electrons. The van der Waals surface area contributed by atoms with E-state index in [0.29, 0.717) is 12.5 Å². The lowest BCUT2D eigenvalue weighted by atomic mass is 9.81. The van der Waals surface area contributed by atoms with Gasteiger partial charge in [-0.25, -0.2) is 0 Å². The van der Waals surface area contributed by atoms with Gasteiger partial charge in [-0.05, 0) is 29.9 Å². The fraction of sp³-hybridized carbons (Fsp3) is 0.409. The molecule has 0 amide bonds. The summed E-state index contributed by atoms with van der Waals surface area (Å²) in [6.07, 6.45) is 2.96. The Morgan fingerprint density at radius 2 is 1.68 bits per heavy atom. The number of likely N-dealkylation sites (tertiary alicyclic amines) is 1. The zero-order valence-electron chi connectivity index (χ0n) is 14.5. The first-order valence-electron chi connectivity index (χ1n) is 9.25. The Hall–Kier alpha value is -2.13. The van der Waals surface area contributed by atoms with Crippen LogP contribution in [0.2, 0.25) is 0 Å². The lowest BCUT2D eigenvalue weighted by Gasteiger charge is -2.27. The van der Waals surface area contributed by atoms with E-state index in [1.165, 1.54) is 11.1 Å². The van der Waals surface area contributed by atoms with Crippen LogP contribution in [0.3, 0.4) is 0 Å². The maximum Gasteiger partial charge on any atom is 0.311 e. The Bertz CT molecular complexity index is 691. The maximum absolute atomic E-state index is 11.9. The van der Waals surface area contributed by atoms with Gasteiger partial charge >= 0.3 is 5.97 Å². The molecule has 2 atom stereocenters. The normalized spacial score (nSPS) is 26.0. The Labute approximate surface area is 149 Å². The van der Waals surface area contributed by atoms with Gasteiger partial charge < -0.3 is 10.0 Å². The highest BCUT2D eigenvalue weighted by Crippen LogP contribution is 2.49. The SMILES string of the molecule is O=C(O)[C@@]12CCC[C@H]1CN(CC(c1ccccc1)c1ccccc1)C2. The van der Waals surface area contributed by atoms with E-state index in [-0.39, 0.29) is 5.92 Å². The van der Waals surface area contributed by atoms with Crippen LogP contribution in [0.1, 0.15) is 36.3 Å². The van der Waals surface area contributed by atoms with Crippen LogP contribution in [0.4, 0.5) is 0 Å². The molecule has 2 aromatic rings. The largest absolute Gasteiger partial charge is 0.481 e. The second-order valence-electron chi connectivity index (χ2n) is 7.62. The molecule has 2 fully saturated rings. The highest BCUT2D eigenvalue weighted by atomic mass is 16.4. The summed E-state index contributed by atoms with van der Waals surface area (Å²) in [5.41, 5.74) is 2.10. The van der Waals surface area contributed by atoms with E-state index in [2.05, 4.69) is 53.4 Å². The van der Waals surface area contributed by atoms with Crippen LogP contribution in [0.25, 0.3) is 0 Å². The van der Waals surface area contributed by atoms with E-state index in [1.54, 1.807) is 0 Å². The number of nitrogens with zero attached hydrogens (tertiary/aromatic N) is 1. The molecule has 3 nitrogen and oxygen atoms in total. The van der Waals surface area contributed by atoms with Crippen molar-refractivity contribution in [1.29, 1.82) is 0 Å². The molecule has 2 aliphatic rings. The summed E-state index contributed by atoms with van der Waals surface area (Å²) in [5, 5.41) is 9.83. The van der Waals surface area contributed by atoms with Crippen molar-refractivity contribution < 1.29 is 9.90 Å². The minimum Gasteiger partial charge on any atom is -0.481 e. The number of hydrogen-bond acceptors (Lipinski definition) is 2. The van der Waals surface area contributed by atoms with Crippen LogP contribution < -0.4 is 0 Å². The third-order valence-electron chi connectivity index (χ3n) is 6.21. The number of carboxylic acids is 1. The average Bonchev–Trinajstić information content (AvgIpc) is 3.19. The van der Waals surface area contributed by atoms with E-state index < -0.39 is 11.4 Å². The first-order chi connectivity index (χ1) is 12.2. The Morgan fingerprint density at radius 1 is 1.08 bits per heavy atom. The molecule has 0 unspecified atom stereocenters. The van der Waals surface area contributed by atoms with Crippen LogP contribution in [-0.4, -0.2) is 35.6 Å². The van der Waals surface area contributed by atoms with Crippen LogP contribution in [0, 0.1) is 11.3 Å². The van der Waals surface area contributed by atoms with Gasteiger partial charge in [0.2, 0.25) is 0 Å². The summed E-state index contributed by atoms with van der Waals surface area (Å²) >= 11 is 0. The van der Waals surface area contributed by atoms with Crippen molar-refractivity contribution in [3.05, 3.63) is 71.8 Å². The molecule has 130 valence electrons.